The first-order valence-corrected chi connectivity index (χ1v) is 8.25. The Balaban J connectivity index is 1.72. The summed E-state index contributed by atoms with van der Waals surface area (Å²) in [4.78, 5) is 18.4. The minimum Gasteiger partial charge on any atom is -0.453 e. The summed E-state index contributed by atoms with van der Waals surface area (Å²) in [6.07, 6.45) is 4.85. The molecule has 1 N–H and O–H groups in total. The number of carbonyl (C=O) groups excluding carboxylic acids is 1. The zero-order valence-electron chi connectivity index (χ0n) is 13.9. The number of hydrogen-bond acceptors (Lipinski definition) is 4. The molecule has 0 saturated carbocycles. The van der Waals surface area contributed by atoms with Crippen LogP contribution in [0.1, 0.15) is 24.0 Å². The number of piperidine rings is 1. The van der Waals surface area contributed by atoms with E-state index >= 15 is 0 Å². The molecule has 0 aliphatic carbocycles. The second-order valence-electron chi connectivity index (χ2n) is 6.20. The number of carbonyl (C=O) groups is 1. The Labute approximate surface area is 142 Å². The number of nitrogens with one attached hydrogen (secondary N) is 1. The Morgan fingerprint density at radius 1 is 1.17 bits per heavy atom. The molecule has 0 atom stereocenters. The van der Waals surface area contributed by atoms with Gasteiger partial charge < -0.3 is 10.1 Å². The van der Waals surface area contributed by atoms with Crippen LogP contribution < -0.4 is 5.32 Å². The average molecular weight is 325 g/mol. The predicted molar refractivity (Wildman–Crippen MR) is 92.4 cm³/mol. The number of amides is 1. The van der Waals surface area contributed by atoms with Crippen LogP contribution in [-0.2, 0) is 16.8 Å². The normalized spacial score (nSPS) is 17.2. The van der Waals surface area contributed by atoms with Crippen LogP contribution in [0.4, 0.5) is 4.79 Å². The van der Waals surface area contributed by atoms with Crippen LogP contribution in [-0.4, -0.2) is 36.2 Å². The fraction of sp³-hybridized carbons (Fsp3) is 0.368. The van der Waals surface area contributed by atoms with Crippen molar-refractivity contribution in [3.8, 4) is 0 Å². The zero-order chi connectivity index (χ0) is 16.8. The van der Waals surface area contributed by atoms with Gasteiger partial charge in [0.15, 0.2) is 0 Å². The van der Waals surface area contributed by atoms with E-state index in [1.165, 1.54) is 12.7 Å². The van der Waals surface area contributed by atoms with Crippen molar-refractivity contribution in [3.63, 3.8) is 0 Å². The number of aromatic nitrogens is 1. The number of benzene rings is 1. The maximum atomic E-state index is 11.9. The molecule has 0 unspecified atom stereocenters. The number of alkyl carbamates (subject to hydrolysis) is 1. The smallest absolute Gasteiger partial charge is 0.407 e. The minimum absolute atomic E-state index is 0.386. The topological polar surface area (TPSA) is 54.5 Å². The lowest BCUT2D eigenvalue weighted by atomic mass is 9.81. The first-order valence-electron chi connectivity index (χ1n) is 8.25. The SMILES string of the molecule is COC(=O)NC1(c2ccncc2)CCN(Cc2ccccc2)CC1. The molecule has 3 rings (SSSR count). The second-order valence-corrected chi connectivity index (χ2v) is 6.20. The van der Waals surface area contributed by atoms with E-state index in [9.17, 15) is 4.79 Å². The fourth-order valence-corrected chi connectivity index (χ4v) is 3.34. The Morgan fingerprint density at radius 3 is 2.46 bits per heavy atom. The summed E-state index contributed by atoms with van der Waals surface area (Å²) in [5, 5.41) is 3.07. The molecule has 24 heavy (non-hydrogen) atoms. The molecular formula is C19H23N3O2. The van der Waals surface area contributed by atoms with Crippen molar-refractivity contribution in [3.05, 3.63) is 66.0 Å². The maximum Gasteiger partial charge on any atom is 0.407 e. The Bertz CT molecular complexity index is 653. The van der Waals surface area contributed by atoms with E-state index in [2.05, 4.69) is 39.5 Å². The van der Waals surface area contributed by atoms with Gasteiger partial charge in [0.25, 0.3) is 0 Å². The fourth-order valence-electron chi connectivity index (χ4n) is 3.34. The van der Waals surface area contributed by atoms with Gasteiger partial charge >= 0.3 is 6.09 Å². The van der Waals surface area contributed by atoms with Crippen molar-refractivity contribution < 1.29 is 9.53 Å². The molecule has 0 bridgehead atoms. The van der Waals surface area contributed by atoms with E-state index in [1.807, 2.05) is 18.2 Å². The third-order valence-electron chi connectivity index (χ3n) is 4.72. The summed E-state index contributed by atoms with van der Waals surface area (Å²) >= 11 is 0. The highest BCUT2D eigenvalue weighted by Gasteiger charge is 2.37. The largest absolute Gasteiger partial charge is 0.453 e. The van der Waals surface area contributed by atoms with Gasteiger partial charge in [0.1, 0.15) is 0 Å². The number of pyridine rings is 1. The van der Waals surface area contributed by atoms with Crippen molar-refractivity contribution in [1.82, 2.24) is 15.2 Å². The maximum absolute atomic E-state index is 11.9. The third-order valence-corrected chi connectivity index (χ3v) is 4.72. The first kappa shape index (κ1) is 16.5. The molecule has 0 radical (unpaired) electrons. The van der Waals surface area contributed by atoms with Gasteiger partial charge in [-0.05, 0) is 36.1 Å². The monoisotopic (exact) mass is 325 g/mol. The average Bonchev–Trinajstić information content (AvgIpc) is 2.65. The molecular weight excluding hydrogens is 302 g/mol. The summed E-state index contributed by atoms with van der Waals surface area (Å²) in [5.41, 5.74) is 2.01. The van der Waals surface area contributed by atoms with E-state index in [0.29, 0.717) is 0 Å². The van der Waals surface area contributed by atoms with Crippen molar-refractivity contribution in [2.45, 2.75) is 24.9 Å². The van der Waals surface area contributed by atoms with Crippen LogP contribution in [0.5, 0.6) is 0 Å². The molecule has 1 aliphatic rings. The summed E-state index contributed by atoms with van der Waals surface area (Å²) in [7, 11) is 1.40. The highest BCUT2D eigenvalue weighted by atomic mass is 16.5. The molecule has 1 aromatic carbocycles. The van der Waals surface area contributed by atoms with Crippen LogP contribution in [0.25, 0.3) is 0 Å². The van der Waals surface area contributed by atoms with Crippen molar-refractivity contribution in [1.29, 1.82) is 0 Å². The van der Waals surface area contributed by atoms with Gasteiger partial charge in [0, 0.05) is 32.0 Å². The van der Waals surface area contributed by atoms with E-state index in [0.717, 1.165) is 38.0 Å². The van der Waals surface area contributed by atoms with Crippen molar-refractivity contribution >= 4 is 6.09 Å². The third kappa shape index (κ3) is 3.74. The Hall–Kier alpha value is -2.40. The van der Waals surface area contributed by atoms with E-state index in [-0.39, 0.29) is 11.6 Å². The van der Waals surface area contributed by atoms with Crippen LogP contribution in [0.2, 0.25) is 0 Å². The zero-order valence-corrected chi connectivity index (χ0v) is 13.9. The number of rotatable bonds is 4. The number of nitrogens with zero attached hydrogens (tertiary/aromatic N) is 2. The lowest BCUT2D eigenvalue weighted by Crippen LogP contribution is -2.52. The van der Waals surface area contributed by atoms with E-state index in [4.69, 9.17) is 4.74 Å². The van der Waals surface area contributed by atoms with Crippen LogP contribution in [0.15, 0.2) is 54.9 Å². The highest BCUT2D eigenvalue weighted by molar-refractivity contribution is 5.68. The standard InChI is InChI=1S/C19H23N3O2/c1-24-18(23)21-19(17-7-11-20-12-8-17)9-13-22(14-10-19)15-16-5-3-2-4-6-16/h2-8,11-12H,9-10,13-15H2,1H3,(H,21,23). The van der Waals surface area contributed by atoms with E-state index in [1.54, 1.807) is 12.4 Å². The summed E-state index contributed by atoms with van der Waals surface area (Å²) in [5.74, 6) is 0. The van der Waals surface area contributed by atoms with Crippen molar-refractivity contribution in [2.75, 3.05) is 20.2 Å². The summed E-state index contributed by atoms with van der Waals surface area (Å²) in [6, 6.07) is 14.4. The molecule has 1 amide bonds. The molecule has 126 valence electrons. The highest BCUT2D eigenvalue weighted by Crippen LogP contribution is 2.33. The minimum atomic E-state index is -0.386. The van der Waals surface area contributed by atoms with Gasteiger partial charge in [0.05, 0.1) is 12.6 Å². The predicted octanol–water partition coefficient (Wildman–Crippen LogP) is 2.93. The molecule has 2 heterocycles. The van der Waals surface area contributed by atoms with Crippen LogP contribution in [0.3, 0.4) is 0 Å². The molecule has 1 aliphatic heterocycles. The number of methoxy groups -OCH3 is 1. The number of hydrogen-bond donors (Lipinski definition) is 1. The Kier molecular flexibility index (Phi) is 5.11. The van der Waals surface area contributed by atoms with Crippen LogP contribution >= 0.6 is 0 Å². The van der Waals surface area contributed by atoms with Gasteiger partial charge in [-0.25, -0.2) is 4.79 Å². The number of likely N-dealkylation sites (tertiary alicyclic amines) is 1. The summed E-state index contributed by atoms with van der Waals surface area (Å²) < 4.78 is 4.84. The molecule has 1 fully saturated rings. The second kappa shape index (κ2) is 7.45. The Morgan fingerprint density at radius 2 is 1.83 bits per heavy atom. The van der Waals surface area contributed by atoms with Crippen LogP contribution in [0, 0.1) is 0 Å². The number of ether oxygens (including phenoxy) is 1. The van der Waals surface area contributed by atoms with Gasteiger partial charge in [0.2, 0.25) is 0 Å². The van der Waals surface area contributed by atoms with Gasteiger partial charge in [-0.2, -0.15) is 0 Å². The van der Waals surface area contributed by atoms with Gasteiger partial charge in [-0.15, -0.1) is 0 Å². The molecule has 5 heteroatoms. The molecule has 1 aromatic heterocycles. The first-order chi connectivity index (χ1) is 11.7. The molecule has 1 saturated heterocycles. The lowest BCUT2D eigenvalue weighted by molar-refractivity contribution is 0.110. The summed E-state index contributed by atoms with van der Waals surface area (Å²) in [6.45, 7) is 2.77. The molecule has 0 spiro atoms. The quantitative estimate of drug-likeness (QED) is 0.939. The molecule has 2 aromatic rings. The molecule has 5 nitrogen and oxygen atoms in total. The lowest BCUT2D eigenvalue weighted by Gasteiger charge is -2.42. The van der Waals surface area contributed by atoms with Gasteiger partial charge in [-0.3, -0.25) is 9.88 Å². The van der Waals surface area contributed by atoms with Gasteiger partial charge in [-0.1, -0.05) is 30.3 Å². The van der Waals surface area contributed by atoms with Crippen molar-refractivity contribution in [2.24, 2.45) is 0 Å². The van der Waals surface area contributed by atoms with E-state index < -0.39 is 0 Å².